The molecular weight excluding hydrogens is 698 g/mol. The molecule has 266 valence electrons. The number of carbonyl (C=O) groups is 1. The van der Waals surface area contributed by atoms with Crippen LogP contribution in [0, 0.1) is 34.3 Å². The van der Waals surface area contributed by atoms with Crippen LogP contribution < -0.4 is 15.4 Å². The number of halogens is 6. The zero-order valence-corrected chi connectivity index (χ0v) is 28.0. The molecule has 3 saturated heterocycles. The molecule has 17 heteroatoms. The molecule has 3 unspecified atom stereocenters. The van der Waals surface area contributed by atoms with Crippen LogP contribution in [-0.4, -0.2) is 83.3 Å². The number of alkyl halides is 4. The minimum absolute atomic E-state index is 0.0463. The number of amides is 1. The number of hydrogen-bond acceptors (Lipinski definition) is 10. The molecule has 0 bridgehead atoms. The van der Waals surface area contributed by atoms with Gasteiger partial charge in [0.1, 0.15) is 47.4 Å². The highest BCUT2D eigenvalue weighted by molar-refractivity contribution is 7.23. The summed E-state index contributed by atoms with van der Waals surface area (Å²) in [5.74, 6) is -2.77. The predicted molar refractivity (Wildman–Crippen MR) is 177 cm³/mol. The van der Waals surface area contributed by atoms with Crippen LogP contribution in [0.15, 0.2) is 18.2 Å². The van der Waals surface area contributed by atoms with E-state index in [0.717, 1.165) is 24.6 Å². The molecule has 3 aliphatic rings. The van der Waals surface area contributed by atoms with E-state index < -0.39 is 63.7 Å². The maximum atomic E-state index is 17.1. The summed E-state index contributed by atoms with van der Waals surface area (Å²) in [4.78, 5) is 26.2. The van der Waals surface area contributed by atoms with Crippen molar-refractivity contribution in [3.63, 3.8) is 0 Å². The average molecular weight is 729 g/mol. The van der Waals surface area contributed by atoms with Crippen molar-refractivity contribution >= 4 is 49.1 Å². The fourth-order valence-corrected chi connectivity index (χ4v) is 8.75. The summed E-state index contributed by atoms with van der Waals surface area (Å²) >= 11 is 0.663. The number of fused-ring (bicyclic) bond motifs is 3. The van der Waals surface area contributed by atoms with Gasteiger partial charge in [-0.25, -0.2) is 13.2 Å². The summed E-state index contributed by atoms with van der Waals surface area (Å²) in [6.07, 6.45) is -4.51. The second-order valence-corrected chi connectivity index (χ2v) is 14.2. The fourth-order valence-electron chi connectivity index (χ4n) is 7.80. The zero-order valence-electron chi connectivity index (χ0n) is 27.2. The minimum atomic E-state index is -5.14. The molecule has 3 fully saturated rings. The van der Waals surface area contributed by atoms with Crippen LogP contribution in [0.3, 0.4) is 0 Å². The van der Waals surface area contributed by atoms with E-state index in [2.05, 4.69) is 9.97 Å². The Hall–Kier alpha value is -4.87. The SMILES string of the molecule is CN(c1nc(OCC23CCCN2CC(F)C3)nc2c(F)c(-c3ccc(F)c4sc(N)c(C#N)c34)c(C(F)(F)F)cc12)C1CCN(C(=O)CC#N)C1. The summed E-state index contributed by atoms with van der Waals surface area (Å²) in [5, 5.41) is 18.1. The first kappa shape index (κ1) is 34.6. The number of carbonyl (C=O) groups excluding carboxylic acids is 1. The Bertz CT molecular complexity index is 2160. The van der Waals surface area contributed by atoms with Gasteiger partial charge in [0.15, 0.2) is 5.82 Å². The Morgan fingerprint density at radius 3 is 2.73 bits per heavy atom. The van der Waals surface area contributed by atoms with Crippen molar-refractivity contribution in [2.45, 2.75) is 56.0 Å². The molecular formula is C34H30F6N8O2S. The lowest BCUT2D eigenvalue weighted by atomic mass is 9.92. The fraction of sp³-hybridized carbons (Fsp3) is 0.441. The first-order valence-electron chi connectivity index (χ1n) is 16.2. The third kappa shape index (κ3) is 5.82. The first-order valence-corrected chi connectivity index (χ1v) is 17.0. The lowest BCUT2D eigenvalue weighted by Crippen LogP contribution is -2.43. The van der Waals surface area contributed by atoms with Gasteiger partial charge in [-0.15, -0.1) is 11.3 Å². The van der Waals surface area contributed by atoms with E-state index >= 15 is 4.39 Å². The molecule has 5 heterocycles. The average Bonchev–Trinajstić information content (AvgIpc) is 3.86. The largest absolute Gasteiger partial charge is 0.461 e. The monoisotopic (exact) mass is 728 g/mol. The van der Waals surface area contributed by atoms with Gasteiger partial charge in [-0.05, 0) is 43.5 Å². The normalized spacial score (nSPS) is 22.0. The smallest absolute Gasteiger partial charge is 0.417 e. The van der Waals surface area contributed by atoms with Crippen molar-refractivity contribution < 1.29 is 35.9 Å². The number of aromatic nitrogens is 2. The molecule has 2 aromatic heterocycles. The summed E-state index contributed by atoms with van der Waals surface area (Å²) in [6, 6.07) is 5.36. The van der Waals surface area contributed by atoms with Gasteiger partial charge >= 0.3 is 12.2 Å². The first-order chi connectivity index (χ1) is 24.3. The number of nitrogen functional groups attached to an aromatic ring is 1. The zero-order chi connectivity index (χ0) is 36.4. The quantitative estimate of drug-likeness (QED) is 0.222. The maximum Gasteiger partial charge on any atom is 0.417 e. The third-order valence-corrected chi connectivity index (χ3v) is 11.3. The number of likely N-dealkylation sites (N-methyl/N-ethyl adjacent to an activating group) is 1. The third-order valence-electron chi connectivity index (χ3n) is 10.3. The van der Waals surface area contributed by atoms with Gasteiger partial charge in [-0.3, -0.25) is 9.69 Å². The van der Waals surface area contributed by atoms with Crippen molar-refractivity contribution in [1.29, 1.82) is 10.5 Å². The van der Waals surface area contributed by atoms with Crippen LogP contribution >= 0.6 is 11.3 Å². The number of likely N-dealkylation sites (tertiary alicyclic amines) is 1. The van der Waals surface area contributed by atoms with Crippen LogP contribution in [0.2, 0.25) is 0 Å². The summed E-state index contributed by atoms with van der Waals surface area (Å²) < 4.78 is 97.3. The lowest BCUT2D eigenvalue weighted by Gasteiger charge is -2.31. The lowest BCUT2D eigenvalue weighted by molar-refractivity contribution is -0.137. The number of rotatable bonds is 7. The molecule has 3 aliphatic heterocycles. The number of hydrogen-bond donors (Lipinski definition) is 1. The molecule has 0 saturated carbocycles. The summed E-state index contributed by atoms with van der Waals surface area (Å²) in [7, 11) is 1.55. The van der Waals surface area contributed by atoms with E-state index in [1.165, 1.54) is 9.80 Å². The number of nitriles is 2. The van der Waals surface area contributed by atoms with Crippen LogP contribution in [0.5, 0.6) is 6.01 Å². The summed E-state index contributed by atoms with van der Waals surface area (Å²) in [6.45, 7) is 1.27. The molecule has 2 aromatic carbocycles. The van der Waals surface area contributed by atoms with Crippen LogP contribution in [0.1, 0.15) is 43.2 Å². The van der Waals surface area contributed by atoms with Gasteiger partial charge in [0.2, 0.25) is 5.91 Å². The Balaban J connectivity index is 1.42. The van der Waals surface area contributed by atoms with Gasteiger partial charge in [0.05, 0.1) is 27.4 Å². The van der Waals surface area contributed by atoms with Crippen molar-refractivity contribution in [3.8, 4) is 29.3 Å². The maximum absolute atomic E-state index is 17.1. The highest BCUT2D eigenvalue weighted by Crippen LogP contribution is 2.48. The standard InChI is InChI=1S/C34H30F6N8O2S/c1-46(18-6-10-47(15-18)24(49)5-8-41)31-20-11-22(34(38,39)40)26(19-3-4-23(36)29-25(19)21(13-42)30(43)51-29)27(37)28(20)44-32(45-31)50-16-33-7-2-9-48(33)14-17(35)12-33/h3-4,11,17-18H,2,5-7,9-10,12,14-16,43H2,1H3. The van der Waals surface area contributed by atoms with E-state index in [9.17, 15) is 32.0 Å². The molecule has 51 heavy (non-hydrogen) atoms. The van der Waals surface area contributed by atoms with Gasteiger partial charge in [-0.2, -0.15) is 33.7 Å². The number of thiophene rings is 1. The number of anilines is 2. The molecule has 10 nitrogen and oxygen atoms in total. The molecule has 2 N–H and O–H groups in total. The van der Waals surface area contributed by atoms with Crippen molar-refractivity contribution in [3.05, 3.63) is 41.0 Å². The topological polar surface area (TPSA) is 135 Å². The molecule has 1 amide bonds. The summed E-state index contributed by atoms with van der Waals surface area (Å²) in [5.41, 5.74) is 1.70. The van der Waals surface area contributed by atoms with Gasteiger partial charge in [0, 0.05) is 55.5 Å². The van der Waals surface area contributed by atoms with Crippen molar-refractivity contribution in [1.82, 2.24) is 19.8 Å². The van der Waals surface area contributed by atoms with Gasteiger partial charge in [-0.1, -0.05) is 6.07 Å². The number of benzene rings is 2. The highest BCUT2D eigenvalue weighted by Gasteiger charge is 2.49. The molecule has 3 atom stereocenters. The molecule has 0 aliphatic carbocycles. The number of nitrogens with two attached hydrogens (primary N) is 1. The molecule has 4 aromatic rings. The Morgan fingerprint density at radius 2 is 2.00 bits per heavy atom. The van der Waals surface area contributed by atoms with Crippen LogP contribution in [-0.2, 0) is 11.0 Å². The van der Waals surface area contributed by atoms with E-state index in [1.807, 2.05) is 11.0 Å². The minimum Gasteiger partial charge on any atom is -0.461 e. The van der Waals surface area contributed by atoms with Gasteiger partial charge < -0.3 is 20.3 Å². The second-order valence-electron chi connectivity index (χ2n) is 13.2. The van der Waals surface area contributed by atoms with E-state index in [1.54, 1.807) is 13.1 Å². The van der Waals surface area contributed by atoms with E-state index in [-0.39, 0.29) is 76.9 Å². The highest BCUT2D eigenvalue weighted by atomic mass is 32.1. The van der Waals surface area contributed by atoms with Gasteiger partial charge in [0.25, 0.3) is 0 Å². The van der Waals surface area contributed by atoms with E-state index in [0.29, 0.717) is 30.7 Å². The number of nitrogens with zero attached hydrogens (tertiary/aromatic N) is 7. The number of ether oxygens (including phenoxy) is 1. The Morgan fingerprint density at radius 1 is 1.22 bits per heavy atom. The molecule has 7 rings (SSSR count). The Labute approximate surface area is 291 Å². The molecule has 0 radical (unpaired) electrons. The van der Waals surface area contributed by atoms with Crippen LogP contribution in [0.4, 0.5) is 37.2 Å². The predicted octanol–water partition coefficient (Wildman–Crippen LogP) is 6.17. The van der Waals surface area contributed by atoms with Crippen LogP contribution in [0.25, 0.3) is 32.1 Å². The second kappa shape index (κ2) is 12.7. The van der Waals surface area contributed by atoms with Crippen molar-refractivity contribution in [2.75, 3.05) is 50.5 Å². The van der Waals surface area contributed by atoms with Crippen molar-refractivity contribution in [2.24, 2.45) is 0 Å². The Kier molecular flexibility index (Phi) is 8.62. The van der Waals surface area contributed by atoms with E-state index in [4.69, 9.17) is 15.7 Å². The molecule has 0 spiro atoms.